The molecule has 0 amide bonds. The van der Waals surface area contributed by atoms with Gasteiger partial charge in [0.25, 0.3) is 0 Å². The van der Waals surface area contributed by atoms with Gasteiger partial charge in [0.15, 0.2) is 11.8 Å². The number of aromatic nitrogens is 4. The molecule has 2 aromatic heterocycles. The van der Waals surface area contributed by atoms with E-state index >= 15 is 0 Å². The van der Waals surface area contributed by atoms with Gasteiger partial charge in [-0.15, -0.1) is 10.2 Å². The summed E-state index contributed by atoms with van der Waals surface area (Å²) >= 11 is 0. The smallest absolute Gasteiger partial charge is 0.192 e. The molecular formula is C20H25N7. The van der Waals surface area contributed by atoms with Crippen molar-refractivity contribution in [2.75, 3.05) is 0 Å². The summed E-state index contributed by atoms with van der Waals surface area (Å²) in [5, 5.41) is 15.1. The van der Waals surface area contributed by atoms with Crippen LogP contribution in [0.3, 0.4) is 0 Å². The van der Waals surface area contributed by atoms with E-state index in [0.717, 1.165) is 17.3 Å². The number of aryl methyl sites for hydroxylation is 1. The van der Waals surface area contributed by atoms with E-state index in [2.05, 4.69) is 49.9 Å². The SMILES string of the molecule is Cc1nnc(CNC(=NCc2ccccn2)NC(C)c2ccccc2)n1C. The number of pyridine rings is 1. The third-order valence-corrected chi connectivity index (χ3v) is 4.37. The van der Waals surface area contributed by atoms with Crippen LogP contribution >= 0.6 is 0 Å². The van der Waals surface area contributed by atoms with Crippen molar-refractivity contribution < 1.29 is 0 Å². The van der Waals surface area contributed by atoms with Crippen LogP contribution in [0.1, 0.15) is 35.9 Å². The van der Waals surface area contributed by atoms with Crippen molar-refractivity contribution in [3.05, 3.63) is 77.6 Å². The average molecular weight is 363 g/mol. The Kier molecular flexibility index (Phi) is 6.14. The average Bonchev–Trinajstić information content (AvgIpc) is 3.03. The predicted octanol–water partition coefficient (Wildman–Crippen LogP) is 2.52. The van der Waals surface area contributed by atoms with E-state index < -0.39 is 0 Å². The number of hydrogen-bond acceptors (Lipinski definition) is 4. The number of nitrogens with one attached hydrogen (secondary N) is 2. The fourth-order valence-electron chi connectivity index (χ4n) is 2.60. The Hall–Kier alpha value is -3.22. The third kappa shape index (κ3) is 5.13. The van der Waals surface area contributed by atoms with Crippen LogP contribution in [0.15, 0.2) is 59.7 Å². The van der Waals surface area contributed by atoms with E-state index in [-0.39, 0.29) is 6.04 Å². The van der Waals surface area contributed by atoms with E-state index in [1.807, 2.05) is 54.9 Å². The second-order valence-electron chi connectivity index (χ2n) is 6.34. The Balaban J connectivity index is 1.72. The molecule has 0 bridgehead atoms. The number of nitrogens with zero attached hydrogens (tertiary/aromatic N) is 5. The van der Waals surface area contributed by atoms with Gasteiger partial charge in [-0.25, -0.2) is 4.99 Å². The van der Waals surface area contributed by atoms with Crippen LogP contribution in [-0.2, 0) is 20.1 Å². The lowest BCUT2D eigenvalue weighted by atomic mass is 10.1. The van der Waals surface area contributed by atoms with Crippen molar-refractivity contribution in [2.45, 2.75) is 33.0 Å². The lowest BCUT2D eigenvalue weighted by Crippen LogP contribution is -2.39. The van der Waals surface area contributed by atoms with Gasteiger partial charge in [0.05, 0.1) is 24.8 Å². The highest BCUT2D eigenvalue weighted by molar-refractivity contribution is 5.80. The summed E-state index contributed by atoms with van der Waals surface area (Å²) in [6.45, 7) is 5.07. The van der Waals surface area contributed by atoms with Gasteiger partial charge in [0.2, 0.25) is 0 Å². The van der Waals surface area contributed by atoms with E-state index in [1.165, 1.54) is 5.56 Å². The molecule has 0 aliphatic heterocycles. The molecule has 2 N–H and O–H groups in total. The zero-order valence-corrected chi connectivity index (χ0v) is 15.9. The molecule has 0 aliphatic carbocycles. The Morgan fingerprint density at radius 2 is 1.89 bits per heavy atom. The summed E-state index contributed by atoms with van der Waals surface area (Å²) in [6, 6.07) is 16.2. The topological polar surface area (TPSA) is 80.0 Å². The summed E-state index contributed by atoms with van der Waals surface area (Å²) in [7, 11) is 1.96. The molecule has 0 spiro atoms. The molecule has 1 unspecified atom stereocenters. The minimum Gasteiger partial charge on any atom is -0.350 e. The summed E-state index contributed by atoms with van der Waals surface area (Å²) in [4.78, 5) is 9.02. The number of aliphatic imine (C=N–C) groups is 1. The van der Waals surface area contributed by atoms with Crippen LogP contribution in [0.2, 0.25) is 0 Å². The largest absolute Gasteiger partial charge is 0.350 e. The molecule has 1 aromatic carbocycles. The van der Waals surface area contributed by atoms with Crippen LogP contribution in [0, 0.1) is 6.92 Å². The van der Waals surface area contributed by atoms with Gasteiger partial charge in [-0.1, -0.05) is 36.4 Å². The normalized spacial score (nSPS) is 12.6. The maximum Gasteiger partial charge on any atom is 0.192 e. The lowest BCUT2D eigenvalue weighted by Gasteiger charge is -2.18. The molecular weight excluding hydrogens is 338 g/mol. The van der Waals surface area contributed by atoms with E-state index in [1.54, 1.807) is 6.20 Å². The first-order chi connectivity index (χ1) is 13.1. The molecule has 0 aliphatic rings. The van der Waals surface area contributed by atoms with Crippen molar-refractivity contribution in [1.82, 2.24) is 30.4 Å². The Morgan fingerprint density at radius 1 is 1.11 bits per heavy atom. The number of rotatable bonds is 6. The molecule has 2 heterocycles. The summed E-state index contributed by atoms with van der Waals surface area (Å²) in [5.74, 6) is 2.44. The Labute approximate surface area is 159 Å². The fraction of sp³-hybridized carbons (Fsp3) is 0.300. The zero-order valence-electron chi connectivity index (χ0n) is 15.9. The van der Waals surface area contributed by atoms with Crippen LogP contribution in [0.5, 0.6) is 0 Å². The first-order valence-electron chi connectivity index (χ1n) is 8.98. The molecule has 27 heavy (non-hydrogen) atoms. The summed E-state index contributed by atoms with van der Waals surface area (Å²) < 4.78 is 1.96. The van der Waals surface area contributed by atoms with Crippen LogP contribution in [-0.4, -0.2) is 25.7 Å². The van der Waals surface area contributed by atoms with Gasteiger partial charge in [-0.2, -0.15) is 0 Å². The van der Waals surface area contributed by atoms with Gasteiger partial charge < -0.3 is 15.2 Å². The van der Waals surface area contributed by atoms with Gasteiger partial charge in [-0.3, -0.25) is 4.98 Å². The van der Waals surface area contributed by atoms with Gasteiger partial charge in [0.1, 0.15) is 5.82 Å². The highest BCUT2D eigenvalue weighted by Gasteiger charge is 2.10. The molecule has 3 rings (SSSR count). The number of hydrogen-bond donors (Lipinski definition) is 2. The molecule has 1 atom stereocenters. The van der Waals surface area contributed by atoms with Gasteiger partial charge in [-0.05, 0) is 31.5 Å². The zero-order chi connectivity index (χ0) is 19.1. The summed E-state index contributed by atoms with van der Waals surface area (Å²) in [5.41, 5.74) is 2.11. The van der Waals surface area contributed by atoms with Crippen LogP contribution in [0.25, 0.3) is 0 Å². The van der Waals surface area contributed by atoms with E-state index in [4.69, 9.17) is 0 Å². The maximum atomic E-state index is 4.69. The number of guanidine groups is 1. The van der Waals surface area contributed by atoms with Crippen molar-refractivity contribution in [2.24, 2.45) is 12.0 Å². The van der Waals surface area contributed by atoms with Crippen molar-refractivity contribution in [3.63, 3.8) is 0 Å². The molecule has 3 aromatic rings. The minimum absolute atomic E-state index is 0.113. The molecule has 7 heteroatoms. The van der Waals surface area contributed by atoms with Gasteiger partial charge in [0, 0.05) is 13.2 Å². The second kappa shape index (κ2) is 8.93. The first-order valence-corrected chi connectivity index (χ1v) is 8.98. The van der Waals surface area contributed by atoms with E-state index in [0.29, 0.717) is 19.0 Å². The minimum atomic E-state index is 0.113. The fourth-order valence-corrected chi connectivity index (χ4v) is 2.60. The standard InChI is InChI=1S/C20H25N7/c1-15(17-9-5-4-6-10-17)24-20(22-13-18-11-7-8-12-21-18)23-14-19-26-25-16(2)27(19)3/h4-12,15H,13-14H2,1-3H3,(H2,22,23,24). The molecule has 0 saturated carbocycles. The van der Waals surface area contributed by atoms with E-state index in [9.17, 15) is 0 Å². The van der Waals surface area contributed by atoms with Crippen molar-refractivity contribution >= 4 is 5.96 Å². The van der Waals surface area contributed by atoms with Crippen LogP contribution in [0.4, 0.5) is 0 Å². The van der Waals surface area contributed by atoms with Crippen molar-refractivity contribution in [1.29, 1.82) is 0 Å². The monoisotopic (exact) mass is 363 g/mol. The number of benzene rings is 1. The molecule has 0 saturated heterocycles. The molecule has 7 nitrogen and oxygen atoms in total. The molecule has 140 valence electrons. The first kappa shape index (κ1) is 18.6. The predicted molar refractivity (Wildman–Crippen MR) is 106 cm³/mol. The Bertz CT molecular complexity index is 872. The highest BCUT2D eigenvalue weighted by atomic mass is 15.3. The second-order valence-corrected chi connectivity index (χ2v) is 6.34. The van der Waals surface area contributed by atoms with Crippen LogP contribution < -0.4 is 10.6 Å². The molecule has 0 radical (unpaired) electrons. The highest BCUT2D eigenvalue weighted by Crippen LogP contribution is 2.11. The maximum absolute atomic E-state index is 4.69. The lowest BCUT2D eigenvalue weighted by molar-refractivity contribution is 0.663. The van der Waals surface area contributed by atoms with Gasteiger partial charge >= 0.3 is 0 Å². The molecule has 0 fully saturated rings. The summed E-state index contributed by atoms with van der Waals surface area (Å²) in [6.07, 6.45) is 1.78. The Morgan fingerprint density at radius 3 is 2.56 bits per heavy atom. The van der Waals surface area contributed by atoms with Crippen molar-refractivity contribution in [3.8, 4) is 0 Å². The quantitative estimate of drug-likeness (QED) is 0.520. The third-order valence-electron chi connectivity index (χ3n) is 4.37.